The fourth-order valence-corrected chi connectivity index (χ4v) is 1.94. The molecule has 0 saturated heterocycles. The van der Waals surface area contributed by atoms with Crippen LogP contribution in [0.5, 0.6) is 0 Å². The summed E-state index contributed by atoms with van der Waals surface area (Å²) in [7, 11) is 0. The van der Waals surface area contributed by atoms with Gasteiger partial charge in [0.25, 0.3) is 0 Å². The fourth-order valence-electron chi connectivity index (χ4n) is 1.24. The lowest BCUT2D eigenvalue weighted by Crippen LogP contribution is -2.03. The van der Waals surface area contributed by atoms with Crippen LogP contribution in [0.2, 0.25) is 0 Å². The molecule has 0 fully saturated rings. The third-order valence-electron chi connectivity index (χ3n) is 1.90. The van der Waals surface area contributed by atoms with Gasteiger partial charge in [-0.1, -0.05) is 30.0 Å². The van der Waals surface area contributed by atoms with Gasteiger partial charge in [0.2, 0.25) is 0 Å². The number of benzene rings is 1. The minimum absolute atomic E-state index is 0.645. The van der Waals surface area contributed by atoms with Crippen LogP contribution in [0.25, 0.3) is 5.69 Å². The maximum absolute atomic E-state index is 5.46. The zero-order valence-corrected chi connectivity index (χ0v) is 9.02. The lowest BCUT2D eigenvalue weighted by atomic mass is 10.3. The van der Waals surface area contributed by atoms with Crippen LogP contribution in [-0.4, -0.2) is 27.1 Å². The molecule has 0 spiro atoms. The van der Waals surface area contributed by atoms with Crippen LogP contribution in [0.4, 0.5) is 0 Å². The summed E-state index contributed by atoms with van der Waals surface area (Å²) in [6.45, 7) is 0.645. The van der Waals surface area contributed by atoms with E-state index in [2.05, 4.69) is 10.2 Å². The summed E-state index contributed by atoms with van der Waals surface area (Å²) < 4.78 is 1.96. The van der Waals surface area contributed by atoms with Gasteiger partial charge in [-0.15, -0.1) is 10.2 Å². The van der Waals surface area contributed by atoms with E-state index in [9.17, 15) is 0 Å². The SMILES string of the molecule is NCCSc1nncn1-c1ccccc1. The average molecular weight is 220 g/mol. The smallest absolute Gasteiger partial charge is 0.195 e. The molecule has 5 heteroatoms. The molecule has 4 nitrogen and oxygen atoms in total. The van der Waals surface area contributed by atoms with E-state index < -0.39 is 0 Å². The Morgan fingerprint density at radius 1 is 1.27 bits per heavy atom. The van der Waals surface area contributed by atoms with Gasteiger partial charge in [-0.05, 0) is 12.1 Å². The predicted molar refractivity (Wildman–Crippen MR) is 61.1 cm³/mol. The predicted octanol–water partition coefficient (Wildman–Crippen LogP) is 1.32. The van der Waals surface area contributed by atoms with Crippen molar-refractivity contribution in [2.75, 3.05) is 12.3 Å². The van der Waals surface area contributed by atoms with Crippen LogP contribution >= 0.6 is 11.8 Å². The van der Waals surface area contributed by atoms with Crippen molar-refractivity contribution >= 4 is 11.8 Å². The van der Waals surface area contributed by atoms with Crippen molar-refractivity contribution < 1.29 is 0 Å². The second-order valence-corrected chi connectivity index (χ2v) is 4.02. The third-order valence-corrected chi connectivity index (χ3v) is 2.88. The average Bonchev–Trinajstić information content (AvgIpc) is 2.75. The highest BCUT2D eigenvalue weighted by atomic mass is 32.2. The Balaban J connectivity index is 2.25. The monoisotopic (exact) mass is 220 g/mol. The summed E-state index contributed by atoms with van der Waals surface area (Å²) in [6, 6.07) is 10.0. The van der Waals surface area contributed by atoms with Gasteiger partial charge in [-0.25, -0.2) is 0 Å². The van der Waals surface area contributed by atoms with Crippen LogP contribution in [-0.2, 0) is 0 Å². The number of para-hydroxylation sites is 1. The number of thioether (sulfide) groups is 1. The zero-order valence-electron chi connectivity index (χ0n) is 8.21. The molecule has 2 rings (SSSR count). The van der Waals surface area contributed by atoms with Gasteiger partial charge in [-0.2, -0.15) is 0 Å². The Hall–Kier alpha value is -1.33. The Kier molecular flexibility index (Phi) is 3.37. The third kappa shape index (κ3) is 2.37. The Morgan fingerprint density at radius 2 is 2.07 bits per heavy atom. The van der Waals surface area contributed by atoms with E-state index in [4.69, 9.17) is 5.73 Å². The standard InChI is InChI=1S/C10H12N4S/c11-6-7-15-10-13-12-8-14(10)9-4-2-1-3-5-9/h1-5,8H,6-7,11H2. The van der Waals surface area contributed by atoms with Crippen molar-refractivity contribution in [3.8, 4) is 5.69 Å². The fraction of sp³-hybridized carbons (Fsp3) is 0.200. The lowest BCUT2D eigenvalue weighted by molar-refractivity contribution is 0.883. The molecule has 0 radical (unpaired) electrons. The number of hydrogen-bond acceptors (Lipinski definition) is 4. The molecule has 1 aromatic carbocycles. The molecule has 0 aliphatic rings. The first-order valence-corrected chi connectivity index (χ1v) is 5.68. The molecule has 0 amide bonds. The summed E-state index contributed by atoms with van der Waals surface area (Å²) in [4.78, 5) is 0. The normalized spacial score (nSPS) is 10.5. The topological polar surface area (TPSA) is 56.7 Å². The van der Waals surface area contributed by atoms with E-state index in [1.165, 1.54) is 0 Å². The quantitative estimate of drug-likeness (QED) is 0.789. The van der Waals surface area contributed by atoms with Gasteiger partial charge >= 0.3 is 0 Å². The second kappa shape index (κ2) is 4.95. The minimum atomic E-state index is 0.645. The molecule has 0 unspecified atom stereocenters. The second-order valence-electron chi connectivity index (χ2n) is 2.96. The Labute approximate surface area is 92.5 Å². The Morgan fingerprint density at radius 3 is 2.80 bits per heavy atom. The van der Waals surface area contributed by atoms with Gasteiger partial charge in [0.1, 0.15) is 6.33 Å². The van der Waals surface area contributed by atoms with Crippen LogP contribution in [0.15, 0.2) is 41.8 Å². The summed E-state index contributed by atoms with van der Waals surface area (Å²) in [5.74, 6) is 0.853. The highest BCUT2D eigenvalue weighted by Crippen LogP contribution is 2.18. The molecule has 2 N–H and O–H groups in total. The van der Waals surface area contributed by atoms with Gasteiger partial charge in [0.05, 0.1) is 0 Å². The highest BCUT2D eigenvalue weighted by Gasteiger charge is 2.05. The number of hydrogen-bond donors (Lipinski definition) is 1. The zero-order chi connectivity index (χ0) is 10.5. The molecule has 1 heterocycles. The van der Waals surface area contributed by atoms with Crippen LogP contribution in [0, 0.1) is 0 Å². The highest BCUT2D eigenvalue weighted by molar-refractivity contribution is 7.99. The van der Waals surface area contributed by atoms with Gasteiger partial charge in [-0.3, -0.25) is 4.57 Å². The van der Waals surface area contributed by atoms with Crippen molar-refractivity contribution in [3.63, 3.8) is 0 Å². The molecule has 2 aromatic rings. The van der Waals surface area contributed by atoms with Crippen molar-refractivity contribution in [2.24, 2.45) is 5.73 Å². The maximum Gasteiger partial charge on any atom is 0.195 e. The van der Waals surface area contributed by atoms with Crippen molar-refractivity contribution in [1.82, 2.24) is 14.8 Å². The van der Waals surface area contributed by atoms with Crippen LogP contribution in [0.1, 0.15) is 0 Å². The number of rotatable bonds is 4. The van der Waals surface area contributed by atoms with E-state index in [0.717, 1.165) is 16.6 Å². The molecule has 15 heavy (non-hydrogen) atoms. The molecule has 0 bridgehead atoms. The summed E-state index contributed by atoms with van der Waals surface area (Å²) in [5.41, 5.74) is 6.53. The van der Waals surface area contributed by atoms with Crippen molar-refractivity contribution in [1.29, 1.82) is 0 Å². The molecule has 0 atom stereocenters. The lowest BCUT2D eigenvalue weighted by Gasteiger charge is -2.04. The van der Waals surface area contributed by atoms with E-state index in [1.54, 1.807) is 18.1 Å². The Bertz CT molecular complexity index is 412. The molecule has 0 aliphatic heterocycles. The van der Waals surface area contributed by atoms with Crippen LogP contribution < -0.4 is 5.73 Å². The van der Waals surface area contributed by atoms with E-state index in [-0.39, 0.29) is 0 Å². The number of nitrogens with zero attached hydrogens (tertiary/aromatic N) is 3. The summed E-state index contributed by atoms with van der Waals surface area (Å²) in [5, 5.41) is 8.83. The van der Waals surface area contributed by atoms with Gasteiger partial charge in [0, 0.05) is 18.0 Å². The van der Waals surface area contributed by atoms with Crippen molar-refractivity contribution in [3.05, 3.63) is 36.7 Å². The number of aromatic nitrogens is 3. The molecule has 0 aliphatic carbocycles. The summed E-state index contributed by atoms with van der Waals surface area (Å²) >= 11 is 1.61. The van der Waals surface area contributed by atoms with Gasteiger partial charge in [0.15, 0.2) is 5.16 Å². The maximum atomic E-state index is 5.46. The molecule has 78 valence electrons. The first-order valence-electron chi connectivity index (χ1n) is 4.70. The molecular formula is C10H12N4S. The number of nitrogens with two attached hydrogens (primary N) is 1. The first-order chi connectivity index (χ1) is 7.42. The first kappa shape index (κ1) is 10.2. The summed E-state index contributed by atoms with van der Waals surface area (Å²) in [6.07, 6.45) is 1.72. The molecular weight excluding hydrogens is 208 g/mol. The molecule has 0 saturated carbocycles. The largest absolute Gasteiger partial charge is 0.330 e. The minimum Gasteiger partial charge on any atom is -0.330 e. The van der Waals surface area contributed by atoms with Gasteiger partial charge < -0.3 is 5.73 Å². The molecule has 1 aromatic heterocycles. The van der Waals surface area contributed by atoms with Crippen LogP contribution in [0.3, 0.4) is 0 Å². The van der Waals surface area contributed by atoms with E-state index in [1.807, 2.05) is 34.9 Å². The van der Waals surface area contributed by atoms with E-state index >= 15 is 0 Å². The van der Waals surface area contributed by atoms with E-state index in [0.29, 0.717) is 6.54 Å². The van der Waals surface area contributed by atoms with Crippen molar-refractivity contribution in [2.45, 2.75) is 5.16 Å².